The van der Waals surface area contributed by atoms with Gasteiger partial charge < -0.3 is 19.5 Å². The van der Waals surface area contributed by atoms with Crippen LogP contribution in [0.3, 0.4) is 0 Å². The lowest BCUT2D eigenvalue weighted by Gasteiger charge is -2.65. The summed E-state index contributed by atoms with van der Waals surface area (Å²) in [5.41, 5.74) is 1.87. The number of benzene rings is 2. The standard InChI is InChI=1S/C27H31NO4/c1-25-10-18-11-26(2,14-25)16-27(12-18,15-25)13-24(29)28-19-3-5-20(6-4-19)32-21-7-8-22-23(9-21)31-17-30-22/h3-9,18H,10-17H2,1-2H3,(H,28,29). The molecule has 2 atom stereocenters. The van der Waals surface area contributed by atoms with Gasteiger partial charge in [0.15, 0.2) is 11.5 Å². The number of amides is 1. The molecule has 4 aliphatic carbocycles. The SMILES string of the molecule is CC12CC3CC(C)(C1)CC(CC(=O)Nc1ccc(Oc4ccc5c(c4)OCO5)cc1)(C3)C2. The minimum Gasteiger partial charge on any atom is -0.457 e. The van der Waals surface area contributed by atoms with Crippen molar-refractivity contribution in [2.24, 2.45) is 22.2 Å². The molecule has 2 unspecified atom stereocenters. The van der Waals surface area contributed by atoms with E-state index in [1.807, 2.05) is 42.5 Å². The smallest absolute Gasteiger partial charge is 0.231 e. The monoisotopic (exact) mass is 433 g/mol. The third-order valence-electron chi connectivity index (χ3n) is 8.00. The Morgan fingerprint density at radius 2 is 1.62 bits per heavy atom. The highest BCUT2D eigenvalue weighted by Crippen LogP contribution is 2.70. The number of carbonyl (C=O) groups is 1. The van der Waals surface area contributed by atoms with Crippen LogP contribution < -0.4 is 19.5 Å². The van der Waals surface area contributed by atoms with Gasteiger partial charge in [0.25, 0.3) is 0 Å². The molecule has 5 aliphatic rings. The summed E-state index contributed by atoms with van der Waals surface area (Å²) in [6.07, 6.45) is 8.35. The second kappa shape index (κ2) is 6.90. The van der Waals surface area contributed by atoms with E-state index in [0.29, 0.717) is 34.5 Å². The normalized spacial score (nSPS) is 33.9. The Kier molecular flexibility index (Phi) is 4.30. The van der Waals surface area contributed by atoms with Crippen molar-refractivity contribution in [2.45, 2.75) is 58.8 Å². The molecule has 168 valence electrons. The lowest BCUT2D eigenvalue weighted by molar-refractivity contribution is -0.153. The van der Waals surface area contributed by atoms with Crippen LogP contribution in [-0.4, -0.2) is 12.7 Å². The minimum absolute atomic E-state index is 0.142. The first-order valence-corrected chi connectivity index (χ1v) is 11.8. The van der Waals surface area contributed by atoms with E-state index >= 15 is 0 Å². The predicted octanol–water partition coefficient (Wildman–Crippen LogP) is 6.53. The molecule has 4 bridgehead atoms. The van der Waals surface area contributed by atoms with Crippen LogP contribution in [0.5, 0.6) is 23.0 Å². The Morgan fingerprint density at radius 1 is 0.938 bits per heavy atom. The van der Waals surface area contributed by atoms with Crippen molar-refractivity contribution in [1.82, 2.24) is 0 Å². The fourth-order valence-corrected chi connectivity index (χ4v) is 8.11. The molecule has 0 saturated heterocycles. The van der Waals surface area contributed by atoms with Gasteiger partial charge in [0.05, 0.1) is 0 Å². The van der Waals surface area contributed by atoms with Crippen LogP contribution >= 0.6 is 0 Å². The summed E-state index contributed by atoms with van der Waals surface area (Å²) in [5, 5.41) is 3.14. The molecule has 1 aliphatic heterocycles. The zero-order valence-corrected chi connectivity index (χ0v) is 18.9. The van der Waals surface area contributed by atoms with Crippen LogP contribution in [0, 0.1) is 22.2 Å². The summed E-state index contributed by atoms with van der Waals surface area (Å²) in [5.74, 6) is 3.78. The van der Waals surface area contributed by atoms with Crippen LogP contribution in [-0.2, 0) is 4.79 Å². The van der Waals surface area contributed by atoms with Crippen molar-refractivity contribution in [1.29, 1.82) is 0 Å². The number of nitrogens with one attached hydrogen (secondary N) is 1. The number of hydrogen-bond acceptors (Lipinski definition) is 4. The van der Waals surface area contributed by atoms with Crippen LogP contribution in [0.25, 0.3) is 0 Å². The van der Waals surface area contributed by atoms with Crippen molar-refractivity contribution in [3.05, 3.63) is 42.5 Å². The maximum absolute atomic E-state index is 13.0. The Bertz CT molecular complexity index is 1040. The average molecular weight is 434 g/mol. The van der Waals surface area contributed by atoms with Gasteiger partial charge in [-0.2, -0.15) is 0 Å². The van der Waals surface area contributed by atoms with Gasteiger partial charge >= 0.3 is 0 Å². The molecule has 7 rings (SSSR count). The molecular weight excluding hydrogens is 402 g/mol. The zero-order chi connectivity index (χ0) is 22.0. The van der Waals surface area contributed by atoms with Crippen LogP contribution in [0.4, 0.5) is 5.69 Å². The van der Waals surface area contributed by atoms with E-state index in [9.17, 15) is 4.79 Å². The summed E-state index contributed by atoms with van der Waals surface area (Å²) in [7, 11) is 0. The van der Waals surface area contributed by atoms with Crippen molar-refractivity contribution < 1.29 is 19.0 Å². The largest absolute Gasteiger partial charge is 0.457 e. The quantitative estimate of drug-likeness (QED) is 0.582. The molecule has 1 heterocycles. The fourth-order valence-electron chi connectivity index (χ4n) is 8.11. The predicted molar refractivity (Wildman–Crippen MR) is 122 cm³/mol. The average Bonchev–Trinajstić information content (AvgIpc) is 3.14. The first kappa shape index (κ1) is 20.0. The summed E-state index contributed by atoms with van der Waals surface area (Å²) >= 11 is 0. The highest BCUT2D eigenvalue weighted by atomic mass is 16.7. The molecule has 5 heteroatoms. The molecule has 32 heavy (non-hydrogen) atoms. The van der Waals surface area contributed by atoms with E-state index in [-0.39, 0.29) is 18.1 Å². The summed E-state index contributed by atoms with van der Waals surface area (Å²) in [6, 6.07) is 13.1. The molecule has 2 aromatic rings. The second-order valence-electron chi connectivity index (χ2n) is 11.5. The van der Waals surface area contributed by atoms with E-state index in [1.165, 1.54) is 38.5 Å². The molecular formula is C27H31NO4. The lowest BCUT2D eigenvalue weighted by Crippen LogP contribution is -2.55. The van der Waals surface area contributed by atoms with Gasteiger partial charge in [-0.15, -0.1) is 0 Å². The molecule has 2 aromatic carbocycles. The minimum atomic E-state index is 0.142. The second-order valence-corrected chi connectivity index (χ2v) is 11.5. The van der Waals surface area contributed by atoms with Crippen molar-refractivity contribution in [2.75, 3.05) is 12.1 Å². The molecule has 0 spiro atoms. The van der Waals surface area contributed by atoms with Gasteiger partial charge in [0, 0.05) is 18.2 Å². The van der Waals surface area contributed by atoms with E-state index in [1.54, 1.807) is 0 Å². The summed E-state index contributed by atoms with van der Waals surface area (Å²) in [4.78, 5) is 13.0. The molecule has 1 N–H and O–H groups in total. The topological polar surface area (TPSA) is 56.8 Å². The highest BCUT2D eigenvalue weighted by Gasteiger charge is 2.60. The maximum atomic E-state index is 13.0. The Labute approximate surface area is 189 Å². The summed E-state index contributed by atoms with van der Waals surface area (Å²) < 4.78 is 16.7. The Morgan fingerprint density at radius 3 is 2.34 bits per heavy atom. The van der Waals surface area contributed by atoms with E-state index in [0.717, 1.165) is 17.4 Å². The maximum Gasteiger partial charge on any atom is 0.231 e. The molecule has 1 amide bonds. The van der Waals surface area contributed by atoms with Gasteiger partial charge in [0.2, 0.25) is 12.7 Å². The number of carbonyl (C=O) groups excluding carboxylic acids is 1. The highest BCUT2D eigenvalue weighted by molar-refractivity contribution is 5.91. The number of rotatable bonds is 5. The fraction of sp³-hybridized carbons (Fsp3) is 0.519. The first-order valence-electron chi connectivity index (χ1n) is 11.8. The Hall–Kier alpha value is -2.69. The third kappa shape index (κ3) is 3.62. The first-order chi connectivity index (χ1) is 15.3. The molecule has 4 saturated carbocycles. The van der Waals surface area contributed by atoms with E-state index in [4.69, 9.17) is 14.2 Å². The zero-order valence-electron chi connectivity index (χ0n) is 18.9. The Balaban J connectivity index is 1.10. The van der Waals surface area contributed by atoms with Crippen LogP contribution in [0.15, 0.2) is 42.5 Å². The molecule has 4 fully saturated rings. The van der Waals surface area contributed by atoms with Crippen molar-refractivity contribution in [3.63, 3.8) is 0 Å². The van der Waals surface area contributed by atoms with E-state index in [2.05, 4.69) is 19.2 Å². The summed E-state index contributed by atoms with van der Waals surface area (Å²) in [6.45, 7) is 5.16. The van der Waals surface area contributed by atoms with E-state index < -0.39 is 0 Å². The molecule has 5 nitrogen and oxygen atoms in total. The van der Waals surface area contributed by atoms with Crippen LogP contribution in [0.1, 0.15) is 58.8 Å². The van der Waals surface area contributed by atoms with Gasteiger partial charge in [-0.05, 0) is 97.1 Å². The van der Waals surface area contributed by atoms with Gasteiger partial charge in [-0.25, -0.2) is 0 Å². The number of fused-ring (bicyclic) bond motifs is 1. The number of ether oxygens (including phenoxy) is 3. The lowest BCUT2D eigenvalue weighted by atomic mass is 9.40. The van der Waals surface area contributed by atoms with Gasteiger partial charge in [-0.1, -0.05) is 13.8 Å². The molecule has 0 aromatic heterocycles. The number of hydrogen-bond donors (Lipinski definition) is 1. The van der Waals surface area contributed by atoms with Gasteiger partial charge in [0.1, 0.15) is 11.5 Å². The third-order valence-corrected chi connectivity index (χ3v) is 8.00. The van der Waals surface area contributed by atoms with Crippen LogP contribution in [0.2, 0.25) is 0 Å². The number of anilines is 1. The van der Waals surface area contributed by atoms with Gasteiger partial charge in [-0.3, -0.25) is 4.79 Å². The van der Waals surface area contributed by atoms with Crippen molar-refractivity contribution >= 4 is 11.6 Å². The molecule has 0 radical (unpaired) electrons. The van der Waals surface area contributed by atoms with Crippen molar-refractivity contribution in [3.8, 4) is 23.0 Å².